The van der Waals surface area contributed by atoms with Gasteiger partial charge in [-0.1, -0.05) is 173 Å². The molecule has 1 aliphatic carbocycles. The first-order valence-corrected chi connectivity index (χ1v) is 23.7. The molecule has 12 rings (SSSR count). The van der Waals surface area contributed by atoms with Gasteiger partial charge in [-0.2, -0.15) is 0 Å². The summed E-state index contributed by atoms with van der Waals surface area (Å²) in [5.74, 6) is 0. The van der Waals surface area contributed by atoms with Crippen molar-refractivity contribution in [3.63, 3.8) is 0 Å². The lowest BCUT2D eigenvalue weighted by molar-refractivity contribution is 0.332. The third kappa shape index (κ3) is 6.63. The van der Waals surface area contributed by atoms with Crippen LogP contribution in [0.25, 0.3) is 44.5 Å². The molecule has 318 valence electrons. The maximum absolute atomic E-state index is 2.64. The SMILES string of the molecule is Cc1cc2c3c(c1)N(c1cc(-c4ccccc4)cc(-c4ccccc4)c1)c1cc4c(cc1B3c1ccccc1N2c1cc(-c2ccccc2)cc(-c2ccccc2)c1)C(C)(C)CCC4(C)C. The quantitative estimate of drug-likeness (QED) is 0.154. The Morgan fingerprint density at radius 2 is 0.727 bits per heavy atom. The highest BCUT2D eigenvalue weighted by Gasteiger charge is 2.46. The van der Waals surface area contributed by atoms with E-state index in [0.717, 1.165) is 18.5 Å². The zero-order valence-electron chi connectivity index (χ0n) is 38.5. The Bertz CT molecular complexity index is 3200. The smallest absolute Gasteiger partial charge is 0.252 e. The summed E-state index contributed by atoms with van der Waals surface area (Å²) in [6.07, 6.45) is 2.31. The molecule has 2 heterocycles. The van der Waals surface area contributed by atoms with Crippen LogP contribution in [0.15, 0.2) is 206 Å². The van der Waals surface area contributed by atoms with Gasteiger partial charge in [0.25, 0.3) is 6.71 Å². The minimum atomic E-state index is 0.0252. The van der Waals surface area contributed by atoms with Crippen LogP contribution in [0.5, 0.6) is 0 Å². The summed E-state index contributed by atoms with van der Waals surface area (Å²) in [7, 11) is 0. The summed E-state index contributed by atoms with van der Waals surface area (Å²) in [5.41, 5.74) is 25.2. The first kappa shape index (κ1) is 40.2. The first-order valence-electron chi connectivity index (χ1n) is 23.7. The number of rotatable bonds is 6. The summed E-state index contributed by atoms with van der Waals surface area (Å²) in [5, 5.41) is 0. The fourth-order valence-corrected chi connectivity index (χ4v) is 11.4. The van der Waals surface area contributed by atoms with E-state index in [-0.39, 0.29) is 17.5 Å². The monoisotopic (exact) mass is 848 g/mol. The molecule has 0 saturated carbocycles. The van der Waals surface area contributed by atoms with Crippen molar-refractivity contribution >= 4 is 57.2 Å². The minimum absolute atomic E-state index is 0.0252. The standard InChI is InChI=1S/C63H53BN2/c1-42-32-59-61-60(33-42)66(52-38-49(45-24-14-8-15-25-45)35-50(39-52)46-26-16-9-17-27-46)58-41-54-53(62(2,3)30-31-63(54,4)5)40-56(58)64(61)55-28-18-19-29-57(55)65(59)51-36-47(43-20-10-6-11-21-43)34-48(37-51)44-22-12-7-13-23-44/h6-29,32-41H,30-31H2,1-5H3. The van der Waals surface area contributed by atoms with Crippen molar-refractivity contribution in [2.45, 2.75) is 58.3 Å². The van der Waals surface area contributed by atoms with Gasteiger partial charge in [0.05, 0.1) is 0 Å². The molecule has 0 unspecified atom stereocenters. The van der Waals surface area contributed by atoms with Crippen molar-refractivity contribution in [3.8, 4) is 44.5 Å². The van der Waals surface area contributed by atoms with Crippen LogP contribution >= 0.6 is 0 Å². The number of hydrogen-bond donors (Lipinski definition) is 0. The second-order valence-corrected chi connectivity index (χ2v) is 20.1. The van der Waals surface area contributed by atoms with E-state index in [1.807, 2.05) is 0 Å². The summed E-state index contributed by atoms with van der Waals surface area (Å²) in [6.45, 7) is 12.2. The predicted octanol–water partition coefficient (Wildman–Crippen LogP) is 15.1. The Morgan fingerprint density at radius 3 is 1.17 bits per heavy atom. The molecule has 0 amide bonds. The second-order valence-electron chi connectivity index (χ2n) is 20.1. The molecule has 0 spiro atoms. The zero-order chi connectivity index (χ0) is 44.7. The van der Waals surface area contributed by atoms with E-state index < -0.39 is 0 Å². The molecule has 9 aromatic carbocycles. The van der Waals surface area contributed by atoms with Crippen molar-refractivity contribution < 1.29 is 0 Å². The lowest BCUT2D eigenvalue weighted by Gasteiger charge is -2.47. The number of hydrogen-bond acceptors (Lipinski definition) is 2. The third-order valence-electron chi connectivity index (χ3n) is 14.9. The van der Waals surface area contributed by atoms with Crippen LogP contribution in [0.4, 0.5) is 34.1 Å². The van der Waals surface area contributed by atoms with Crippen LogP contribution in [0.1, 0.15) is 57.2 Å². The van der Waals surface area contributed by atoms with E-state index in [1.165, 1.54) is 106 Å². The van der Waals surface area contributed by atoms with Crippen LogP contribution in [-0.2, 0) is 10.8 Å². The van der Waals surface area contributed by atoms with Gasteiger partial charge in [-0.3, -0.25) is 0 Å². The lowest BCUT2D eigenvalue weighted by atomic mass is 9.33. The van der Waals surface area contributed by atoms with E-state index >= 15 is 0 Å². The lowest BCUT2D eigenvalue weighted by Crippen LogP contribution is -2.61. The summed E-state index contributed by atoms with van der Waals surface area (Å²) in [6, 6.07) is 77.3. The topological polar surface area (TPSA) is 6.48 Å². The van der Waals surface area contributed by atoms with Gasteiger partial charge in [0.1, 0.15) is 0 Å². The van der Waals surface area contributed by atoms with Crippen molar-refractivity contribution in [2.24, 2.45) is 0 Å². The predicted molar refractivity (Wildman–Crippen MR) is 282 cm³/mol. The number of aryl methyl sites for hydroxylation is 1. The van der Waals surface area contributed by atoms with Crippen molar-refractivity contribution in [2.75, 3.05) is 9.80 Å². The van der Waals surface area contributed by atoms with E-state index in [4.69, 9.17) is 0 Å². The van der Waals surface area contributed by atoms with E-state index in [9.17, 15) is 0 Å². The molecule has 0 radical (unpaired) electrons. The molecule has 2 aliphatic heterocycles. The van der Waals surface area contributed by atoms with Crippen molar-refractivity contribution in [3.05, 3.63) is 223 Å². The number of nitrogens with zero attached hydrogens (tertiary/aromatic N) is 2. The Kier molecular flexibility index (Phi) is 9.37. The van der Waals surface area contributed by atoms with Gasteiger partial charge in [-0.25, -0.2) is 0 Å². The normalized spacial score (nSPS) is 15.1. The van der Waals surface area contributed by atoms with Crippen LogP contribution < -0.4 is 26.2 Å². The fourth-order valence-electron chi connectivity index (χ4n) is 11.4. The average Bonchev–Trinajstić information content (AvgIpc) is 3.35. The van der Waals surface area contributed by atoms with Crippen LogP contribution in [0, 0.1) is 6.92 Å². The van der Waals surface area contributed by atoms with Crippen molar-refractivity contribution in [1.82, 2.24) is 0 Å². The molecular formula is C63H53BN2. The molecular weight excluding hydrogens is 796 g/mol. The highest BCUT2D eigenvalue weighted by molar-refractivity contribution is 7.00. The van der Waals surface area contributed by atoms with Crippen molar-refractivity contribution in [1.29, 1.82) is 0 Å². The molecule has 0 aromatic heterocycles. The van der Waals surface area contributed by atoms with Crippen LogP contribution in [-0.4, -0.2) is 6.71 Å². The van der Waals surface area contributed by atoms with Gasteiger partial charge < -0.3 is 9.80 Å². The molecule has 0 atom stereocenters. The number of benzene rings is 9. The van der Waals surface area contributed by atoms with E-state index in [1.54, 1.807) is 0 Å². The molecule has 3 aliphatic rings. The van der Waals surface area contributed by atoms with Crippen LogP contribution in [0.3, 0.4) is 0 Å². The van der Waals surface area contributed by atoms with Gasteiger partial charge in [-0.15, -0.1) is 0 Å². The molecule has 9 aromatic rings. The van der Waals surface area contributed by atoms with E-state index in [2.05, 4.69) is 251 Å². The van der Waals surface area contributed by atoms with Gasteiger partial charge in [0, 0.05) is 34.1 Å². The number of fused-ring (bicyclic) bond motifs is 5. The molecule has 0 N–H and O–H groups in total. The zero-order valence-corrected chi connectivity index (χ0v) is 38.5. The Balaban J connectivity index is 1.17. The highest BCUT2D eigenvalue weighted by Crippen LogP contribution is 2.51. The summed E-state index contributed by atoms with van der Waals surface area (Å²) < 4.78 is 0. The Hall–Kier alpha value is -7.36. The molecule has 3 heteroatoms. The molecule has 2 nitrogen and oxygen atoms in total. The van der Waals surface area contributed by atoms with E-state index in [0.29, 0.717) is 0 Å². The minimum Gasteiger partial charge on any atom is -0.311 e. The maximum atomic E-state index is 2.64. The molecule has 0 bridgehead atoms. The second kappa shape index (κ2) is 15.4. The van der Waals surface area contributed by atoms with Gasteiger partial charge in [0.15, 0.2) is 0 Å². The molecule has 0 fully saturated rings. The van der Waals surface area contributed by atoms with Gasteiger partial charge in [-0.05, 0) is 169 Å². The Morgan fingerprint density at radius 1 is 0.348 bits per heavy atom. The maximum Gasteiger partial charge on any atom is 0.252 e. The van der Waals surface area contributed by atoms with Gasteiger partial charge in [0.2, 0.25) is 0 Å². The Labute approximate surface area is 390 Å². The first-order chi connectivity index (χ1) is 32.1. The fraction of sp³-hybridized carbons (Fsp3) is 0.143. The highest BCUT2D eigenvalue weighted by atomic mass is 15.2. The number of anilines is 6. The largest absolute Gasteiger partial charge is 0.311 e. The molecule has 0 saturated heterocycles. The van der Waals surface area contributed by atoms with Gasteiger partial charge >= 0.3 is 0 Å². The van der Waals surface area contributed by atoms with Crippen LogP contribution in [0.2, 0.25) is 0 Å². The third-order valence-corrected chi connectivity index (χ3v) is 14.9. The molecule has 66 heavy (non-hydrogen) atoms. The number of para-hydroxylation sites is 1. The average molecular weight is 849 g/mol. The summed E-state index contributed by atoms with van der Waals surface area (Å²) >= 11 is 0. The summed E-state index contributed by atoms with van der Waals surface area (Å²) in [4.78, 5) is 5.21.